The Labute approximate surface area is 143 Å². The lowest BCUT2D eigenvalue weighted by Crippen LogP contribution is -2.40. The Hall–Kier alpha value is -1.89. The molecular weight excluding hydrogens is 290 g/mol. The van der Waals surface area contributed by atoms with E-state index in [0.717, 1.165) is 35.6 Å². The summed E-state index contributed by atoms with van der Waals surface area (Å²) >= 11 is 0. The third-order valence-corrected chi connectivity index (χ3v) is 7.04. The summed E-state index contributed by atoms with van der Waals surface area (Å²) < 4.78 is 0. The second-order valence-corrected chi connectivity index (χ2v) is 8.46. The van der Waals surface area contributed by atoms with E-state index in [-0.39, 0.29) is 0 Å². The molecule has 1 heterocycles. The second-order valence-electron chi connectivity index (χ2n) is 8.46. The lowest BCUT2D eigenvalue weighted by Gasteiger charge is -2.52. The number of para-hydroxylation sites is 1. The number of rotatable bonds is 0. The third-order valence-electron chi connectivity index (χ3n) is 7.04. The van der Waals surface area contributed by atoms with Crippen LogP contribution in [0.2, 0.25) is 0 Å². The molecule has 4 bridgehead atoms. The Morgan fingerprint density at radius 2 is 1.62 bits per heavy atom. The van der Waals surface area contributed by atoms with Crippen molar-refractivity contribution in [2.24, 2.45) is 23.7 Å². The standard InChI is InChI=1S/C23H23N/c1-2-6-21-16(4-1)13-20-19(5-3-7-22(20)24-21)23-17-9-14-8-15(11-17)12-18(23)10-14/h1-4,6-7,13-15,17-18H,5,8-12H2. The smallest absolute Gasteiger partial charge is 0.0709 e. The van der Waals surface area contributed by atoms with E-state index in [0.29, 0.717) is 0 Å². The van der Waals surface area contributed by atoms with E-state index in [1.807, 2.05) is 5.57 Å². The van der Waals surface area contributed by atoms with Crippen LogP contribution in [-0.4, -0.2) is 4.98 Å². The van der Waals surface area contributed by atoms with E-state index >= 15 is 0 Å². The van der Waals surface area contributed by atoms with Crippen molar-refractivity contribution in [1.29, 1.82) is 0 Å². The lowest BCUT2D eigenvalue weighted by molar-refractivity contribution is 0.0703. The Kier molecular flexibility index (Phi) is 2.69. The third kappa shape index (κ3) is 1.84. The first kappa shape index (κ1) is 13.4. The van der Waals surface area contributed by atoms with Crippen LogP contribution in [0.5, 0.6) is 0 Å². The zero-order valence-corrected chi connectivity index (χ0v) is 14.0. The van der Waals surface area contributed by atoms with Crippen LogP contribution in [-0.2, 0) is 0 Å². The van der Waals surface area contributed by atoms with Crippen molar-refractivity contribution < 1.29 is 0 Å². The maximum absolute atomic E-state index is 4.96. The van der Waals surface area contributed by atoms with Gasteiger partial charge in [0, 0.05) is 10.9 Å². The SMILES string of the molecule is C1=Cc2nc3ccccc3cc2C(=C2C3CC4CC(C3)CC2C4)C1. The highest BCUT2D eigenvalue weighted by atomic mass is 14.7. The van der Waals surface area contributed by atoms with Gasteiger partial charge in [-0.15, -0.1) is 0 Å². The van der Waals surface area contributed by atoms with Crippen molar-refractivity contribution in [1.82, 2.24) is 4.98 Å². The second kappa shape index (κ2) is 4.81. The summed E-state index contributed by atoms with van der Waals surface area (Å²) in [5, 5.41) is 1.29. The number of aromatic nitrogens is 1. The van der Waals surface area contributed by atoms with E-state index in [4.69, 9.17) is 4.98 Å². The topological polar surface area (TPSA) is 12.9 Å². The molecule has 0 spiro atoms. The number of nitrogens with zero attached hydrogens (tertiary/aromatic N) is 1. The predicted octanol–water partition coefficient (Wildman–Crippen LogP) is 5.86. The van der Waals surface area contributed by atoms with Crippen LogP contribution >= 0.6 is 0 Å². The highest BCUT2D eigenvalue weighted by molar-refractivity contribution is 5.89. The summed E-state index contributed by atoms with van der Waals surface area (Å²) in [6, 6.07) is 11.0. The molecule has 7 rings (SSSR count). The Bertz CT molecular complexity index is 871. The molecular formula is C23H23N. The van der Waals surface area contributed by atoms with E-state index in [1.165, 1.54) is 48.7 Å². The Morgan fingerprint density at radius 1 is 0.875 bits per heavy atom. The minimum atomic E-state index is 0.877. The predicted molar refractivity (Wildman–Crippen MR) is 99.4 cm³/mol. The van der Waals surface area contributed by atoms with Crippen LogP contribution in [0.25, 0.3) is 22.6 Å². The van der Waals surface area contributed by atoms with Gasteiger partial charge in [0.2, 0.25) is 0 Å². The van der Waals surface area contributed by atoms with Crippen LogP contribution in [0.3, 0.4) is 0 Å². The summed E-state index contributed by atoms with van der Waals surface area (Å²) in [4.78, 5) is 4.96. The maximum atomic E-state index is 4.96. The van der Waals surface area contributed by atoms with E-state index < -0.39 is 0 Å². The number of hydrogen-bond donors (Lipinski definition) is 0. The normalized spacial score (nSPS) is 33.3. The summed E-state index contributed by atoms with van der Waals surface area (Å²) in [7, 11) is 0. The molecule has 5 aliphatic carbocycles. The van der Waals surface area contributed by atoms with Crippen molar-refractivity contribution in [3.8, 4) is 0 Å². The number of benzene rings is 1. The molecule has 120 valence electrons. The quantitative estimate of drug-likeness (QED) is 0.593. The van der Waals surface area contributed by atoms with Gasteiger partial charge in [-0.25, -0.2) is 4.98 Å². The molecule has 0 atom stereocenters. The van der Waals surface area contributed by atoms with Crippen LogP contribution in [0.4, 0.5) is 0 Å². The molecule has 5 aliphatic rings. The number of allylic oxidation sites excluding steroid dienone is 3. The number of pyridine rings is 1. The largest absolute Gasteiger partial charge is 0.248 e. The average molecular weight is 313 g/mol. The fourth-order valence-corrected chi connectivity index (χ4v) is 6.36. The Balaban J connectivity index is 1.56. The summed E-state index contributed by atoms with van der Waals surface area (Å²) in [6.45, 7) is 0. The molecule has 0 unspecified atom stereocenters. The van der Waals surface area contributed by atoms with Gasteiger partial charge in [0.15, 0.2) is 0 Å². The minimum absolute atomic E-state index is 0.877. The van der Waals surface area contributed by atoms with Gasteiger partial charge in [-0.2, -0.15) is 0 Å². The number of fused-ring (bicyclic) bond motifs is 2. The fourth-order valence-electron chi connectivity index (χ4n) is 6.36. The van der Waals surface area contributed by atoms with Gasteiger partial charge >= 0.3 is 0 Å². The van der Waals surface area contributed by atoms with Crippen LogP contribution in [0.1, 0.15) is 49.8 Å². The fraction of sp³-hybridized carbons (Fsp3) is 0.435. The number of hydrogen-bond acceptors (Lipinski definition) is 1. The van der Waals surface area contributed by atoms with Crippen molar-refractivity contribution >= 4 is 22.6 Å². The molecule has 4 fully saturated rings. The van der Waals surface area contributed by atoms with Gasteiger partial charge in [0.1, 0.15) is 0 Å². The van der Waals surface area contributed by atoms with Crippen LogP contribution in [0, 0.1) is 23.7 Å². The molecule has 0 saturated heterocycles. The van der Waals surface area contributed by atoms with Gasteiger partial charge in [-0.1, -0.05) is 29.8 Å². The molecule has 0 radical (unpaired) electrons. The molecule has 4 saturated carbocycles. The molecule has 0 amide bonds. The molecule has 1 heteroatoms. The first-order chi connectivity index (χ1) is 11.8. The molecule has 2 aromatic rings. The zero-order valence-electron chi connectivity index (χ0n) is 14.0. The summed E-state index contributed by atoms with van der Waals surface area (Å²) in [5.74, 6) is 3.82. The molecule has 0 N–H and O–H groups in total. The molecule has 1 nitrogen and oxygen atoms in total. The van der Waals surface area contributed by atoms with Crippen molar-refractivity contribution in [2.45, 2.75) is 38.5 Å². The monoisotopic (exact) mass is 313 g/mol. The van der Waals surface area contributed by atoms with E-state index in [2.05, 4.69) is 42.5 Å². The summed E-state index contributed by atoms with van der Waals surface area (Å²) in [5.41, 5.74) is 7.22. The molecule has 0 aliphatic heterocycles. The first-order valence-electron chi connectivity index (χ1n) is 9.65. The average Bonchev–Trinajstić information content (AvgIpc) is 2.59. The molecule has 1 aromatic heterocycles. The van der Waals surface area contributed by atoms with E-state index in [9.17, 15) is 0 Å². The zero-order chi connectivity index (χ0) is 15.7. The van der Waals surface area contributed by atoms with Gasteiger partial charge in [0.05, 0.1) is 11.2 Å². The van der Waals surface area contributed by atoms with Crippen LogP contribution in [0.15, 0.2) is 42.0 Å². The van der Waals surface area contributed by atoms with Crippen molar-refractivity contribution in [3.63, 3.8) is 0 Å². The van der Waals surface area contributed by atoms with Gasteiger partial charge < -0.3 is 0 Å². The highest BCUT2D eigenvalue weighted by Gasteiger charge is 2.46. The molecule has 1 aromatic carbocycles. The van der Waals surface area contributed by atoms with Crippen LogP contribution < -0.4 is 0 Å². The maximum Gasteiger partial charge on any atom is 0.0709 e. The Morgan fingerprint density at radius 3 is 2.42 bits per heavy atom. The van der Waals surface area contributed by atoms with Gasteiger partial charge in [0.25, 0.3) is 0 Å². The highest BCUT2D eigenvalue weighted by Crippen LogP contribution is 2.58. The van der Waals surface area contributed by atoms with Crippen molar-refractivity contribution in [2.75, 3.05) is 0 Å². The minimum Gasteiger partial charge on any atom is -0.248 e. The van der Waals surface area contributed by atoms with Crippen molar-refractivity contribution in [3.05, 3.63) is 53.2 Å². The lowest BCUT2D eigenvalue weighted by atomic mass is 9.53. The summed E-state index contributed by atoms with van der Waals surface area (Å²) in [6.07, 6.45) is 13.1. The van der Waals surface area contributed by atoms with Gasteiger partial charge in [-0.3, -0.25) is 0 Å². The van der Waals surface area contributed by atoms with E-state index in [1.54, 1.807) is 5.57 Å². The molecule has 24 heavy (non-hydrogen) atoms. The first-order valence-corrected chi connectivity index (χ1v) is 9.65. The van der Waals surface area contributed by atoms with Gasteiger partial charge in [-0.05, 0) is 86.0 Å².